The second-order valence-electron chi connectivity index (χ2n) is 13.2. The van der Waals surface area contributed by atoms with Crippen LogP contribution in [0.25, 0.3) is 11.1 Å². The van der Waals surface area contributed by atoms with Crippen LogP contribution in [0.15, 0.2) is 71.6 Å². The number of nitrogens with one attached hydrogen (secondary N) is 1. The summed E-state index contributed by atoms with van der Waals surface area (Å²) in [6.07, 6.45) is 7.97. The molecule has 258 valence electrons. The number of amides is 1. The largest absolute Gasteiger partial charge is 0.496 e. The Morgan fingerprint density at radius 2 is 1.62 bits per heavy atom. The van der Waals surface area contributed by atoms with E-state index in [4.69, 9.17) is 26.8 Å². The second-order valence-corrected chi connectivity index (χ2v) is 15.4. The van der Waals surface area contributed by atoms with E-state index in [9.17, 15) is 13.2 Å². The van der Waals surface area contributed by atoms with Crippen LogP contribution in [0.4, 0.5) is 8.78 Å². The standard InChI is InChI=1S/C36H42ClF2N3O5S/c1-46-33-19-25(9-18-32(33)24-7-10-26(37)11-8-24)36(38,39)34(35(43)42-28-12-13-29(42)21-27(40)20-28)41-48(44,45)31-16-14-30(15-17-31)47-22-23-5-3-2-4-6-23/h7-11,14-19,23,27-29,34,41H,2-6,12-13,20-22,40H2,1H3/t27?,28?,29?,34-/m1/s1. The summed E-state index contributed by atoms with van der Waals surface area (Å²) < 4.78 is 74.5. The molecule has 3 atom stereocenters. The van der Waals surface area contributed by atoms with Gasteiger partial charge in [0, 0.05) is 34.3 Å². The number of hydrogen-bond donors (Lipinski definition) is 2. The molecule has 3 aromatic rings. The van der Waals surface area contributed by atoms with Gasteiger partial charge in [-0.3, -0.25) is 4.79 Å². The number of piperidine rings is 1. The van der Waals surface area contributed by atoms with Gasteiger partial charge in [-0.15, -0.1) is 0 Å². The third kappa shape index (κ3) is 7.34. The smallest absolute Gasteiger partial charge is 0.298 e. The first-order valence-corrected chi connectivity index (χ1v) is 18.5. The number of sulfonamides is 1. The number of carbonyl (C=O) groups excluding carboxylic acids is 1. The number of alkyl halides is 2. The zero-order chi connectivity index (χ0) is 34.1. The normalized spacial score (nSPS) is 22.4. The minimum Gasteiger partial charge on any atom is -0.496 e. The molecule has 2 heterocycles. The number of methoxy groups -OCH3 is 1. The Morgan fingerprint density at radius 3 is 2.25 bits per heavy atom. The van der Waals surface area contributed by atoms with E-state index in [0.717, 1.165) is 18.9 Å². The SMILES string of the molecule is COc1cc(C(F)(F)[C@H](NS(=O)(=O)c2ccc(OCC3CCCCC3)cc2)C(=O)N2C3CCC2CC(N)C3)ccc1-c1ccc(Cl)cc1. The maximum absolute atomic E-state index is 16.8. The summed E-state index contributed by atoms with van der Waals surface area (Å²) in [6, 6.07) is 13.0. The van der Waals surface area contributed by atoms with Crippen molar-refractivity contribution in [2.24, 2.45) is 11.7 Å². The summed E-state index contributed by atoms with van der Waals surface area (Å²) in [6.45, 7) is 0.537. The predicted molar refractivity (Wildman–Crippen MR) is 181 cm³/mol. The fourth-order valence-electron chi connectivity index (χ4n) is 7.45. The van der Waals surface area contributed by atoms with E-state index < -0.39 is 33.5 Å². The van der Waals surface area contributed by atoms with Crippen molar-refractivity contribution < 1.29 is 31.5 Å². The Bertz CT molecular complexity index is 1690. The Morgan fingerprint density at radius 1 is 0.979 bits per heavy atom. The average Bonchev–Trinajstić information content (AvgIpc) is 3.36. The molecule has 0 spiro atoms. The monoisotopic (exact) mass is 701 g/mol. The van der Waals surface area contributed by atoms with Crippen LogP contribution in [-0.4, -0.2) is 57.1 Å². The molecule has 1 aliphatic carbocycles. The first-order valence-electron chi connectivity index (χ1n) is 16.6. The van der Waals surface area contributed by atoms with Gasteiger partial charge in [-0.1, -0.05) is 55.1 Å². The van der Waals surface area contributed by atoms with Crippen molar-refractivity contribution in [2.75, 3.05) is 13.7 Å². The summed E-state index contributed by atoms with van der Waals surface area (Å²) in [4.78, 5) is 15.4. The third-order valence-corrected chi connectivity index (χ3v) is 11.7. The molecular formula is C36H42ClF2N3O5S. The van der Waals surface area contributed by atoms with Gasteiger partial charge < -0.3 is 20.1 Å². The molecule has 6 rings (SSSR count). The number of halogens is 3. The molecule has 2 unspecified atom stereocenters. The number of nitrogens with zero attached hydrogens (tertiary/aromatic N) is 1. The first-order chi connectivity index (χ1) is 23.0. The van der Waals surface area contributed by atoms with Crippen molar-refractivity contribution in [1.29, 1.82) is 0 Å². The molecule has 12 heteroatoms. The van der Waals surface area contributed by atoms with E-state index in [-0.39, 0.29) is 28.8 Å². The second kappa shape index (κ2) is 14.3. The molecule has 2 saturated heterocycles. The van der Waals surface area contributed by atoms with Crippen LogP contribution >= 0.6 is 11.6 Å². The number of ether oxygens (including phenoxy) is 2. The van der Waals surface area contributed by atoms with E-state index in [1.165, 1.54) is 67.7 Å². The Kier molecular flexibility index (Phi) is 10.3. The Hall–Kier alpha value is -3.25. The molecule has 48 heavy (non-hydrogen) atoms. The summed E-state index contributed by atoms with van der Waals surface area (Å²) in [5.74, 6) is -3.85. The summed E-state index contributed by atoms with van der Waals surface area (Å²) in [5.41, 5.74) is 6.85. The zero-order valence-corrected chi connectivity index (χ0v) is 28.5. The van der Waals surface area contributed by atoms with E-state index in [1.54, 1.807) is 24.3 Å². The van der Waals surface area contributed by atoms with Crippen molar-refractivity contribution in [1.82, 2.24) is 9.62 Å². The number of carbonyl (C=O) groups is 1. The molecule has 3 N–H and O–H groups in total. The number of rotatable bonds is 11. The van der Waals surface area contributed by atoms with Gasteiger partial charge >= 0.3 is 0 Å². The summed E-state index contributed by atoms with van der Waals surface area (Å²) >= 11 is 6.03. The van der Waals surface area contributed by atoms with Crippen molar-refractivity contribution in [3.8, 4) is 22.6 Å². The molecule has 0 radical (unpaired) electrons. The highest BCUT2D eigenvalue weighted by Crippen LogP contribution is 2.42. The van der Waals surface area contributed by atoms with Gasteiger partial charge in [0.15, 0.2) is 6.04 Å². The molecule has 2 bridgehead atoms. The highest BCUT2D eigenvalue weighted by molar-refractivity contribution is 7.89. The lowest BCUT2D eigenvalue weighted by Crippen LogP contribution is -2.60. The van der Waals surface area contributed by atoms with Gasteiger partial charge in [0.05, 0.1) is 18.6 Å². The van der Waals surface area contributed by atoms with Crippen molar-refractivity contribution in [2.45, 2.75) is 92.8 Å². The topological polar surface area (TPSA) is 111 Å². The number of hydrogen-bond acceptors (Lipinski definition) is 6. The molecule has 3 fully saturated rings. The first kappa shape index (κ1) is 34.6. The van der Waals surface area contributed by atoms with Crippen molar-refractivity contribution in [3.05, 3.63) is 77.3 Å². The molecule has 1 amide bonds. The number of benzene rings is 3. The molecular weight excluding hydrogens is 660 g/mol. The molecule has 2 aliphatic heterocycles. The van der Waals surface area contributed by atoms with Crippen molar-refractivity contribution in [3.63, 3.8) is 0 Å². The third-order valence-electron chi connectivity index (χ3n) is 9.99. The highest BCUT2D eigenvalue weighted by Gasteiger charge is 2.54. The molecule has 0 aromatic heterocycles. The molecule has 3 aliphatic rings. The Labute approximate surface area is 286 Å². The Balaban J connectivity index is 1.30. The van der Waals surface area contributed by atoms with E-state index >= 15 is 8.78 Å². The van der Waals surface area contributed by atoms with Crippen LogP contribution in [0.2, 0.25) is 5.02 Å². The molecule has 3 aromatic carbocycles. The summed E-state index contributed by atoms with van der Waals surface area (Å²) in [7, 11) is -3.22. The van der Waals surface area contributed by atoms with Gasteiger partial charge in [0.2, 0.25) is 15.9 Å². The van der Waals surface area contributed by atoms with Crippen LogP contribution < -0.4 is 19.9 Å². The summed E-state index contributed by atoms with van der Waals surface area (Å²) in [5, 5.41) is 0.517. The minimum atomic E-state index is -4.58. The average molecular weight is 702 g/mol. The lowest BCUT2D eigenvalue weighted by molar-refractivity contribution is -0.149. The van der Waals surface area contributed by atoms with Gasteiger partial charge in [-0.05, 0) is 92.5 Å². The van der Waals surface area contributed by atoms with E-state index in [0.29, 0.717) is 60.1 Å². The van der Waals surface area contributed by atoms with Gasteiger partial charge in [0.1, 0.15) is 11.5 Å². The van der Waals surface area contributed by atoms with Gasteiger partial charge in [-0.2, -0.15) is 13.5 Å². The van der Waals surface area contributed by atoms with E-state index in [2.05, 4.69) is 4.72 Å². The van der Waals surface area contributed by atoms with Crippen LogP contribution in [0, 0.1) is 5.92 Å². The maximum Gasteiger partial charge on any atom is 0.298 e. The van der Waals surface area contributed by atoms with Crippen LogP contribution in [-0.2, 0) is 20.7 Å². The van der Waals surface area contributed by atoms with Gasteiger partial charge in [-0.25, -0.2) is 8.42 Å². The number of fused-ring (bicyclic) bond motifs is 2. The fourth-order valence-corrected chi connectivity index (χ4v) is 8.76. The molecule has 1 saturated carbocycles. The lowest BCUT2D eigenvalue weighted by atomic mass is 9.90. The minimum absolute atomic E-state index is 0.136. The van der Waals surface area contributed by atoms with Crippen LogP contribution in [0.3, 0.4) is 0 Å². The zero-order valence-electron chi connectivity index (χ0n) is 26.9. The highest BCUT2D eigenvalue weighted by atomic mass is 35.5. The van der Waals surface area contributed by atoms with Crippen molar-refractivity contribution >= 4 is 27.5 Å². The number of nitrogens with two attached hydrogens (primary N) is 1. The van der Waals surface area contributed by atoms with Gasteiger partial charge in [0.25, 0.3) is 5.92 Å². The molecule has 8 nitrogen and oxygen atoms in total. The fraction of sp³-hybridized carbons (Fsp3) is 0.472. The van der Waals surface area contributed by atoms with Crippen LogP contribution in [0.5, 0.6) is 11.5 Å². The van der Waals surface area contributed by atoms with E-state index in [1.807, 2.05) is 0 Å². The maximum atomic E-state index is 16.8. The quantitative estimate of drug-likeness (QED) is 0.225. The lowest BCUT2D eigenvalue weighted by Gasteiger charge is -2.41. The predicted octanol–water partition coefficient (Wildman–Crippen LogP) is 6.89. The van der Waals surface area contributed by atoms with Crippen LogP contribution in [0.1, 0.15) is 63.4 Å².